The molecule has 1 aromatic rings. The van der Waals surface area contributed by atoms with Gasteiger partial charge in [-0.15, -0.1) is 0 Å². The lowest BCUT2D eigenvalue weighted by molar-refractivity contribution is -0.143. The fourth-order valence-electron chi connectivity index (χ4n) is 3.81. The van der Waals surface area contributed by atoms with Crippen molar-refractivity contribution in [2.75, 3.05) is 19.6 Å². The summed E-state index contributed by atoms with van der Waals surface area (Å²) in [6.07, 6.45) is 8.91. The fraction of sp³-hybridized carbons (Fsp3) is 0.650. The molecule has 7 heteroatoms. The summed E-state index contributed by atoms with van der Waals surface area (Å²) < 4.78 is 0. The van der Waals surface area contributed by atoms with Crippen LogP contribution in [0.2, 0.25) is 0 Å². The first-order chi connectivity index (χ1) is 13.0. The normalized spacial score (nSPS) is 19.5. The number of carbonyl (C=O) groups is 2. The molecular formula is C20H32N4O3. The summed E-state index contributed by atoms with van der Waals surface area (Å²) >= 11 is 0. The van der Waals surface area contributed by atoms with Gasteiger partial charge in [0.2, 0.25) is 5.91 Å². The van der Waals surface area contributed by atoms with Gasteiger partial charge in [-0.3, -0.25) is 14.6 Å². The summed E-state index contributed by atoms with van der Waals surface area (Å²) in [5.41, 5.74) is 12.5. The number of hydrogen-bond acceptors (Lipinski definition) is 5. The first-order valence-electron chi connectivity index (χ1n) is 9.89. The Hall–Kier alpha value is -1.99. The summed E-state index contributed by atoms with van der Waals surface area (Å²) in [7, 11) is 0. The van der Waals surface area contributed by atoms with Gasteiger partial charge in [0.25, 0.3) is 0 Å². The second kappa shape index (κ2) is 11.0. The van der Waals surface area contributed by atoms with Gasteiger partial charge in [-0.2, -0.15) is 0 Å². The van der Waals surface area contributed by atoms with E-state index in [1.165, 1.54) is 0 Å². The van der Waals surface area contributed by atoms with E-state index in [0.717, 1.165) is 44.2 Å². The second-order valence-electron chi connectivity index (χ2n) is 7.44. The van der Waals surface area contributed by atoms with Gasteiger partial charge < -0.3 is 21.5 Å². The van der Waals surface area contributed by atoms with Crippen molar-refractivity contribution in [2.45, 2.75) is 51.0 Å². The largest absolute Gasteiger partial charge is 0.481 e. The lowest BCUT2D eigenvalue weighted by Gasteiger charge is -2.35. The Morgan fingerprint density at radius 2 is 2.15 bits per heavy atom. The van der Waals surface area contributed by atoms with Crippen molar-refractivity contribution in [3.05, 3.63) is 30.1 Å². The Bertz CT molecular complexity index is 596. The number of rotatable bonds is 10. The maximum atomic E-state index is 12.4. The molecule has 0 radical (unpaired) electrons. The van der Waals surface area contributed by atoms with Crippen LogP contribution in [-0.2, 0) is 9.59 Å². The molecule has 2 heterocycles. The molecule has 1 aliphatic rings. The van der Waals surface area contributed by atoms with Crippen LogP contribution in [0.15, 0.2) is 24.5 Å². The molecule has 0 aromatic carbocycles. The maximum Gasteiger partial charge on any atom is 0.308 e. The van der Waals surface area contributed by atoms with Crippen molar-refractivity contribution in [3.63, 3.8) is 0 Å². The molecule has 0 bridgehead atoms. The third-order valence-electron chi connectivity index (χ3n) is 5.37. The Kier molecular flexibility index (Phi) is 8.67. The molecule has 1 amide bonds. The number of nitrogens with two attached hydrogens (primary N) is 2. The van der Waals surface area contributed by atoms with E-state index in [1.807, 2.05) is 11.0 Å². The van der Waals surface area contributed by atoms with E-state index in [-0.39, 0.29) is 11.8 Å². The van der Waals surface area contributed by atoms with Crippen LogP contribution in [-0.4, -0.2) is 46.5 Å². The Morgan fingerprint density at radius 3 is 2.81 bits per heavy atom. The van der Waals surface area contributed by atoms with Crippen LogP contribution in [0.1, 0.15) is 56.6 Å². The van der Waals surface area contributed by atoms with Crippen LogP contribution >= 0.6 is 0 Å². The molecule has 7 nitrogen and oxygen atoms in total. The maximum absolute atomic E-state index is 12.4. The molecule has 3 unspecified atom stereocenters. The van der Waals surface area contributed by atoms with Crippen LogP contribution < -0.4 is 11.5 Å². The van der Waals surface area contributed by atoms with Gasteiger partial charge in [-0.05, 0) is 56.2 Å². The van der Waals surface area contributed by atoms with Crippen molar-refractivity contribution < 1.29 is 14.7 Å². The fourth-order valence-corrected chi connectivity index (χ4v) is 3.81. The number of carboxylic acid groups (broad SMARTS) is 1. The number of carbonyl (C=O) groups excluding carboxylic acids is 1. The standard InChI is InChI=1S/C20H32N4O3/c21-9-3-1-2-8-18(25)24-11-5-6-15(14-24)12-17(20(26)27)19(22)16-7-4-10-23-13-16/h4,7,10,13,15,17,19H,1-3,5-6,8-9,11-12,14,21-22H2,(H,26,27). The molecule has 1 aromatic heterocycles. The first-order valence-corrected chi connectivity index (χ1v) is 9.89. The number of carboxylic acids is 1. The lowest BCUT2D eigenvalue weighted by atomic mass is 9.83. The van der Waals surface area contributed by atoms with E-state index < -0.39 is 17.9 Å². The summed E-state index contributed by atoms with van der Waals surface area (Å²) in [6, 6.07) is 2.98. The SMILES string of the molecule is NCCCCCC(=O)N1CCCC(CC(C(=O)O)C(N)c2cccnc2)C1. The average molecular weight is 377 g/mol. The summed E-state index contributed by atoms with van der Waals surface area (Å²) in [6.45, 7) is 2.05. The van der Waals surface area contributed by atoms with Gasteiger partial charge in [0.15, 0.2) is 0 Å². The summed E-state index contributed by atoms with van der Waals surface area (Å²) in [4.78, 5) is 30.2. The number of amides is 1. The molecule has 150 valence electrons. The van der Waals surface area contributed by atoms with Gasteiger partial charge in [-0.25, -0.2) is 0 Å². The lowest BCUT2D eigenvalue weighted by Crippen LogP contribution is -2.41. The van der Waals surface area contributed by atoms with Gasteiger partial charge in [0, 0.05) is 37.9 Å². The Balaban J connectivity index is 1.91. The topological polar surface area (TPSA) is 123 Å². The molecule has 27 heavy (non-hydrogen) atoms. The highest BCUT2D eigenvalue weighted by molar-refractivity contribution is 5.76. The summed E-state index contributed by atoms with van der Waals surface area (Å²) in [5.74, 6) is -1.24. The number of aromatic nitrogens is 1. The number of aliphatic carboxylic acids is 1. The van der Waals surface area contributed by atoms with Crippen molar-refractivity contribution in [1.82, 2.24) is 9.88 Å². The molecule has 0 spiro atoms. The molecule has 1 fully saturated rings. The van der Waals surface area contributed by atoms with Crippen molar-refractivity contribution in [3.8, 4) is 0 Å². The monoisotopic (exact) mass is 376 g/mol. The average Bonchev–Trinajstić information content (AvgIpc) is 2.69. The molecule has 0 aliphatic carbocycles. The zero-order chi connectivity index (χ0) is 19.6. The quantitative estimate of drug-likeness (QED) is 0.536. The second-order valence-corrected chi connectivity index (χ2v) is 7.44. The molecule has 5 N–H and O–H groups in total. The molecule has 2 rings (SSSR count). The highest BCUT2D eigenvalue weighted by Gasteiger charge is 2.32. The minimum Gasteiger partial charge on any atom is -0.481 e. The molecule has 1 aliphatic heterocycles. The summed E-state index contributed by atoms with van der Waals surface area (Å²) in [5, 5.41) is 9.69. The van der Waals surface area contributed by atoms with E-state index in [1.54, 1.807) is 18.5 Å². The third-order valence-corrected chi connectivity index (χ3v) is 5.37. The van der Waals surface area contributed by atoms with Crippen LogP contribution in [0.4, 0.5) is 0 Å². The van der Waals surface area contributed by atoms with E-state index in [4.69, 9.17) is 11.5 Å². The molecular weight excluding hydrogens is 344 g/mol. The number of unbranched alkanes of at least 4 members (excludes halogenated alkanes) is 2. The van der Waals surface area contributed by atoms with Gasteiger partial charge in [-0.1, -0.05) is 12.5 Å². The van der Waals surface area contributed by atoms with Crippen LogP contribution in [0.3, 0.4) is 0 Å². The van der Waals surface area contributed by atoms with Crippen molar-refractivity contribution >= 4 is 11.9 Å². The zero-order valence-electron chi connectivity index (χ0n) is 15.9. The smallest absolute Gasteiger partial charge is 0.308 e. The van der Waals surface area contributed by atoms with Crippen molar-refractivity contribution in [2.24, 2.45) is 23.3 Å². The molecule has 1 saturated heterocycles. The number of hydrogen-bond donors (Lipinski definition) is 3. The van der Waals surface area contributed by atoms with Gasteiger partial charge in [0.05, 0.1) is 5.92 Å². The van der Waals surface area contributed by atoms with Crippen molar-refractivity contribution in [1.29, 1.82) is 0 Å². The van der Waals surface area contributed by atoms with Gasteiger partial charge >= 0.3 is 5.97 Å². The number of likely N-dealkylation sites (tertiary alicyclic amines) is 1. The minimum atomic E-state index is -0.892. The van der Waals surface area contributed by atoms with E-state index >= 15 is 0 Å². The molecule has 3 atom stereocenters. The minimum absolute atomic E-state index is 0.163. The highest BCUT2D eigenvalue weighted by Crippen LogP contribution is 2.30. The Morgan fingerprint density at radius 1 is 1.33 bits per heavy atom. The number of pyridine rings is 1. The van der Waals surface area contributed by atoms with E-state index in [2.05, 4.69) is 4.98 Å². The van der Waals surface area contributed by atoms with Gasteiger partial charge in [0.1, 0.15) is 0 Å². The van der Waals surface area contributed by atoms with Crippen LogP contribution in [0, 0.1) is 11.8 Å². The molecule has 0 saturated carbocycles. The first kappa shape index (κ1) is 21.3. The highest BCUT2D eigenvalue weighted by atomic mass is 16.4. The number of piperidine rings is 1. The Labute approximate surface area is 161 Å². The zero-order valence-corrected chi connectivity index (χ0v) is 15.9. The third kappa shape index (κ3) is 6.59. The van der Waals surface area contributed by atoms with Crippen LogP contribution in [0.5, 0.6) is 0 Å². The van der Waals surface area contributed by atoms with Crippen LogP contribution in [0.25, 0.3) is 0 Å². The number of nitrogens with zero attached hydrogens (tertiary/aromatic N) is 2. The predicted molar refractivity (Wildman–Crippen MR) is 104 cm³/mol. The predicted octanol–water partition coefficient (Wildman–Crippen LogP) is 1.93. The van der Waals surface area contributed by atoms with E-state index in [9.17, 15) is 14.7 Å². The van der Waals surface area contributed by atoms with E-state index in [0.29, 0.717) is 25.9 Å².